The molecule has 9 rings (SSSR count). The Morgan fingerprint density at radius 3 is 1.30 bits per heavy atom. The van der Waals surface area contributed by atoms with Gasteiger partial charge in [0.2, 0.25) is 0 Å². The van der Waals surface area contributed by atoms with Crippen molar-refractivity contribution in [3.05, 3.63) is 181 Å². The smallest absolute Gasteiger partial charge is 0.166 e. The van der Waals surface area contributed by atoms with E-state index in [0.29, 0.717) is 45.5 Å². The van der Waals surface area contributed by atoms with Gasteiger partial charge in [0.25, 0.3) is 0 Å². The summed E-state index contributed by atoms with van der Waals surface area (Å²) < 4.78 is 0. The van der Waals surface area contributed by atoms with Crippen molar-refractivity contribution in [3.8, 4) is 79.5 Å². The van der Waals surface area contributed by atoms with Gasteiger partial charge < -0.3 is 0 Å². The summed E-state index contributed by atoms with van der Waals surface area (Å²) in [6, 6.07) is 58.3. The number of halogens is 1. The molecule has 6 nitrogen and oxygen atoms in total. The topological polar surface area (TPSA) is 77.3 Å². The zero-order valence-electron chi connectivity index (χ0n) is 28.3. The maximum atomic E-state index is 7.13. The molecule has 0 aliphatic rings. The van der Waals surface area contributed by atoms with Crippen molar-refractivity contribution >= 4 is 22.4 Å². The maximum Gasteiger partial charge on any atom is 0.166 e. The fraction of sp³-hybridized carbons (Fsp3) is 0. The Balaban J connectivity index is 1.25. The predicted molar refractivity (Wildman–Crippen MR) is 214 cm³/mol. The van der Waals surface area contributed by atoms with Gasteiger partial charge in [-0.2, -0.15) is 0 Å². The number of benzene rings is 7. The van der Waals surface area contributed by atoms with Crippen LogP contribution in [0.5, 0.6) is 0 Å². The van der Waals surface area contributed by atoms with Crippen molar-refractivity contribution in [2.24, 2.45) is 0 Å². The summed E-state index contributed by atoms with van der Waals surface area (Å²) in [5.74, 6) is 3.27. The highest BCUT2D eigenvalue weighted by Gasteiger charge is 2.22. The first-order valence-corrected chi connectivity index (χ1v) is 17.6. The number of aromatic nitrogens is 6. The van der Waals surface area contributed by atoms with Gasteiger partial charge >= 0.3 is 0 Å². The van der Waals surface area contributed by atoms with Gasteiger partial charge in [0.1, 0.15) is 0 Å². The number of nitrogens with zero attached hydrogens (tertiary/aromatic N) is 6. The molecule has 0 atom stereocenters. The zero-order chi connectivity index (χ0) is 35.6. The van der Waals surface area contributed by atoms with Crippen LogP contribution in [0.15, 0.2) is 176 Å². The van der Waals surface area contributed by atoms with Crippen molar-refractivity contribution < 1.29 is 0 Å². The molecule has 53 heavy (non-hydrogen) atoms. The Kier molecular flexibility index (Phi) is 8.48. The first-order valence-electron chi connectivity index (χ1n) is 17.2. The van der Waals surface area contributed by atoms with E-state index in [2.05, 4.69) is 36.4 Å². The van der Waals surface area contributed by atoms with Crippen LogP contribution in [0.4, 0.5) is 0 Å². The second kappa shape index (κ2) is 14.0. The van der Waals surface area contributed by atoms with Gasteiger partial charge in [0.15, 0.2) is 34.9 Å². The van der Waals surface area contributed by atoms with E-state index in [0.717, 1.165) is 49.7 Å². The van der Waals surface area contributed by atoms with Crippen molar-refractivity contribution in [2.45, 2.75) is 0 Å². The molecule has 0 fully saturated rings. The summed E-state index contributed by atoms with van der Waals surface area (Å²) in [6.45, 7) is 0. The van der Waals surface area contributed by atoms with Gasteiger partial charge in [0, 0.05) is 33.4 Å². The molecular formula is C46H29ClN6. The lowest BCUT2D eigenvalue weighted by molar-refractivity contribution is 1.07. The fourth-order valence-electron chi connectivity index (χ4n) is 6.48. The van der Waals surface area contributed by atoms with E-state index in [1.54, 1.807) is 0 Å². The number of fused-ring (bicyclic) bond motifs is 1. The molecule has 0 aliphatic heterocycles. The summed E-state index contributed by atoms with van der Waals surface area (Å²) in [5, 5.41) is 2.77. The molecule has 9 aromatic rings. The van der Waals surface area contributed by atoms with Crippen LogP contribution < -0.4 is 0 Å². The lowest BCUT2D eigenvalue weighted by Crippen LogP contribution is -2.03. The van der Waals surface area contributed by atoms with Gasteiger partial charge in [-0.15, -0.1) is 0 Å². The minimum absolute atomic E-state index is 0.464. The highest BCUT2D eigenvalue weighted by molar-refractivity contribution is 6.34. The largest absolute Gasteiger partial charge is 0.208 e. The molecule has 250 valence electrons. The third-order valence-electron chi connectivity index (χ3n) is 9.07. The van der Waals surface area contributed by atoms with Crippen LogP contribution in [0.25, 0.3) is 90.2 Å². The normalized spacial score (nSPS) is 11.1. The van der Waals surface area contributed by atoms with E-state index in [-0.39, 0.29) is 0 Å². The molecular weight excluding hydrogens is 672 g/mol. The first-order chi connectivity index (χ1) is 26.2. The quantitative estimate of drug-likeness (QED) is 0.165. The van der Waals surface area contributed by atoms with Crippen LogP contribution >= 0.6 is 11.6 Å². The van der Waals surface area contributed by atoms with Gasteiger partial charge in [-0.25, -0.2) is 29.9 Å². The molecule has 2 aromatic heterocycles. The first kappa shape index (κ1) is 32.0. The maximum absolute atomic E-state index is 7.13. The van der Waals surface area contributed by atoms with E-state index in [1.807, 2.05) is 140 Å². The highest BCUT2D eigenvalue weighted by Crippen LogP contribution is 2.41. The Morgan fingerprint density at radius 2 is 0.717 bits per heavy atom. The van der Waals surface area contributed by atoms with Gasteiger partial charge in [0.05, 0.1) is 5.02 Å². The number of hydrogen-bond acceptors (Lipinski definition) is 6. The van der Waals surface area contributed by atoms with Crippen LogP contribution in [0.1, 0.15) is 0 Å². The summed E-state index contributed by atoms with van der Waals surface area (Å²) in [7, 11) is 0. The number of hydrogen-bond donors (Lipinski definition) is 0. The average molecular weight is 701 g/mol. The van der Waals surface area contributed by atoms with Crippen molar-refractivity contribution in [3.63, 3.8) is 0 Å². The Morgan fingerprint density at radius 1 is 0.283 bits per heavy atom. The second-order valence-electron chi connectivity index (χ2n) is 12.5. The molecule has 0 amide bonds. The van der Waals surface area contributed by atoms with Crippen LogP contribution in [0.2, 0.25) is 5.02 Å². The van der Waals surface area contributed by atoms with E-state index >= 15 is 0 Å². The fourth-order valence-corrected chi connectivity index (χ4v) is 6.74. The predicted octanol–water partition coefficient (Wildman–Crippen LogP) is 11.5. The SMILES string of the molecule is Clc1cccc(-c2ccccc2-c2nc(-c3ccccc3)nc(-c3ccc4ccccc4c3)n2)c1-c1nc(-c2ccccc2)nc(-c2ccccc2)n1. The summed E-state index contributed by atoms with van der Waals surface area (Å²) in [4.78, 5) is 30.2. The standard InChI is InChI=1S/C46H29ClN6/c47-39-26-14-25-37(40(39)46-52-42(32-18-6-2-7-19-32)48-43(53-46)33-20-8-3-9-21-33)36-23-12-13-24-38(36)45-50-41(31-16-4-1-5-17-31)49-44(51-45)35-28-27-30-15-10-11-22-34(30)29-35/h1-29H. The molecule has 0 aliphatic carbocycles. The minimum atomic E-state index is 0.464. The van der Waals surface area contributed by atoms with Gasteiger partial charge in [-0.05, 0) is 34.0 Å². The van der Waals surface area contributed by atoms with E-state index in [9.17, 15) is 0 Å². The van der Waals surface area contributed by atoms with Crippen molar-refractivity contribution in [2.75, 3.05) is 0 Å². The summed E-state index contributed by atoms with van der Waals surface area (Å²) in [5.41, 5.74) is 6.77. The van der Waals surface area contributed by atoms with Crippen LogP contribution in [0, 0.1) is 0 Å². The summed E-state index contributed by atoms with van der Waals surface area (Å²) >= 11 is 7.13. The Labute approximate surface area is 311 Å². The molecule has 0 bridgehead atoms. The van der Waals surface area contributed by atoms with Crippen LogP contribution in [-0.4, -0.2) is 29.9 Å². The molecule has 0 spiro atoms. The van der Waals surface area contributed by atoms with E-state index < -0.39 is 0 Å². The molecule has 7 aromatic carbocycles. The van der Waals surface area contributed by atoms with Crippen molar-refractivity contribution in [1.82, 2.24) is 29.9 Å². The molecule has 0 saturated carbocycles. The van der Waals surface area contributed by atoms with E-state index in [1.165, 1.54) is 0 Å². The second-order valence-corrected chi connectivity index (χ2v) is 12.9. The van der Waals surface area contributed by atoms with Gasteiger partial charge in [-0.1, -0.05) is 175 Å². The number of rotatable bonds is 7. The highest BCUT2D eigenvalue weighted by atomic mass is 35.5. The lowest BCUT2D eigenvalue weighted by Gasteiger charge is -2.16. The zero-order valence-corrected chi connectivity index (χ0v) is 29.1. The molecule has 0 unspecified atom stereocenters. The molecule has 0 radical (unpaired) electrons. The third-order valence-corrected chi connectivity index (χ3v) is 9.38. The van der Waals surface area contributed by atoms with E-state index in [4.69, 9.17) is 41.5 Å². The third kappa shape index (κ3) is 6.44. The summed E-state index contributed by atoms with van der Waals surface area (Å²) in [6.07, 6.45) is 0. The van der Waals surface area contributed by atoms with Crippen molar-refractivity contribution in [1.29, 1.82) is 0 Å². The minimum Gasteiger partial charge on any atom is -0.208 e. The van der Waals surface area contributed by atoms with Gasteiger partial charge in [-0.3, -0.25) is 0 Å². The molecule has 0 saturated heterocycles. The van der Waals surface area contributed by atoms with Crippen LogP contribution in [-0.2, 0) is 0 Å². The average Bonchev–Trinajstić information content (AvgIpc) is 3.24. The monoisotopic (exact) mass is 700 g/mol. The van der Waals surface area contributed by atoms with Crippen LogP contribution in [0.3, 0.4) is 0 Å². The lowest BCUT2D eigenvalue weighted by atomic mass is 9.94. The Hall–Kier alpha value is -6.89. The molecule has 7 heteroatoms. The molecule has 0 N–H and O–H groups in total. The molecule has 2 heterocycles. The Bertz CT molecular complexity index is 2680.